The third-order valence-corrected chi connectivity index (χ3v) is 4.66. The summed E-state index contributed by atoms with van der Waals surface area (Å²) in [6, 6.07) is 19.8. The van der Waals surface area contributed by atoms with E-state index >= 15 is 0 Å². The number of anilines is 1. The van der Waals surface area contributed by atoms with Crippen molar-refractivity contribution in [3.8, 4) is 0 Å². The van der Waals surface area contributed by atoms with E-state index in [4.69, 9.17) is 28.9 Å². The van der Waals surface area contributed by atoms with Crippen LogP contribution in [0, 0.1) is 0 Å². The molecule has 0 radical (unpaired) electrons. The van der Waals surface area contributed by atoms with Gasteiger partial charge in [-0.2, -0.15) is 0 Å². The summed E-state index contributed by atoms with van der Waals surface area (Å²) in [5.74, 6) is -0.800. The second kappa shape index (κ2) is 9.56. The zero-order chi connectivity index (χ0) is 20.8. The van der Waals surface area contributed by atoms with Gasteiger partial charge >= 0.3 is 0 Å². The first-order valence-corrected chi connectivity index (χ1v) is 9.63. The predicted molar refractivity (Wildman–Crippen MR) is 116 cm³/mol. The Balaban J connectivity index is 1.86. The second-order valence-electron chi connectivity index (χ2n) is 6.37. The van der Waals surface area contributed by atoms with Gasteiger partial charge in [0.1, 0.15) is 6.04 Å². The van der Waals surface area contributed by atoms with Gasteiger partial charge in [-0.15, -0.1) is 0 Å². The number of carbonyl (C=O) groups is 2. The van der Waals surface area contributed by atoms with Crippen molar-refractivity contribution in [2.24, 2.45) is 5.73 Å². The summed E-state index contributed by atoms with van der Waals surface area (Å²) in [7, 11) is 0. The third-order valence-electron chi connectivity index (χ3n) is 4.23. The Labute approximate surface area is 178 Å². The Morgan fingerprint density at radius 2 is 1.59 bits per heavy atom. The standard InChI is InChI=1S/C22H19Cl2N3O2/c23-17-10-18(24)12-19(11-17)26-22(29)20(15-6-2-1-3-7-15)27-21(28)16-8-4-5-14(9-16)13-25/h1-12,20H,13,25H2,(H,26,29)(H,27,28). The molecule has 29 heavy (non-hydrogen) atoms. The molecule has 2 amide bonds. The molecule has 1 atom stereocenters. The van der Waals surface area contributed by atoms with E-state index < -0.39 is 11.9 Å². The largest absolute Gasteiger partial charge is 0.336 e. The maximum Gasteiger partial charge on any atom is 0.252 e. The topological polar surface area (TPSA) is 84.2 Å². The molecule has 0 aliphatic rings. The molecule has 0 aliphatic heterocycles. The normalized spacial score (nSPS) is 11.6. The smallest absolute Gasteiger partial charge is 0.252 e. The van der Waals surface area contributed by atoms with Crippen LogP contribution in [0.15, 0.2) is 72.8 Å². The van der Waals surface area contributed by atoms with Gasteiger partial charge in [0, 0.05) is 27.8 Å². The Kier molecular flexibility index (Phi) is 6.88. The fourth-order valence-corrected chi connectivity index (χ4v) is 3.37. The molecule has 148 valence electrons. The minimum atomic E-state index is -0.914. The van der Waals surface area contributed by atoms with Gasteiger partial charge in [0.2, 0.25) is 0 Å². The van der Waals surface area contributed by atoms with Crippen LogP contribution in [0.1, 0.15) is 27.5 Å². The molecule has 4 N–H and O–H groups in total. The molecular weight excluding hydrogens is 409 g/mol. The number of nitrogens with one attached hydrogen (secondary N) is 2. The van der Waals surface area contributed by atoms with Crippen LogP contribution in [0.25, 0.3) is 0 Å². The highest BCUT2D eigenvalue weighted by Crippen LogP contribution is 2.24. The Morgan fingerprint density at radius 3 is 2.24 bits per heavy atom. The molecule has 3 aromatic rings. The van der Waals surface area contributed by atoms with Crippen molar-refractivity contribution < 1.29 is 9.59 Å². The molecule has 1 unspecified atom stereocenters. The first kappa shape index (κ1) is 20.9. The lowest BCUT2D eigenvalue weighted by Gasteiger charge is -2.19. The Hall–Kier alpha value is -2.86. The SMILES string of the molecule is NCc1cccc(C(=O)NC(C(=O)Nc2cc(Cl)cc(Cl)c2)c2ccccc2)c1. The molecule has 0 heterocycles. The molecular formula is C22H19Cl2N3O2. The summed E-state index contributed by atoms with van der Waals surface area (Å²) in [5.41, 5.74) is 7.98. The fourth-order valence-electron chi connectivity index (χ4n) is 2.84. The van der Waals surface area contributed by atoms with E-state index in [2.05, 4.69) is 10.6 Å². The minimum absolute atomic E-state index is 0.319. The van der Waals surface area contributed by atoms with Crippen LogP contribution in [0.3, 0.4) is 0 Å². The summed E-state index contributed by atoms with van der Waals surface area (Å²) in [5, 5.41) is 6.34. The van der Waals surface area contributed by atoms with Crippen molar-refractivity contribution >= 4 is 40.7 Å². The van der Waals surface area contributed by atoms with Crippen molar-refractivity contribution in [1.29, 1.82) is 0 Å². The van der Waals surface area contributed by atoms with E-state index in [0.29, 0.717) is 33.4 Å². The van der Waals surface area contributed by atoms with Crippen LogP contribution in [0.4, 0.5) is 5.69 Å². The number of nitrogens with two attached hydrogens (primary N) is 1. The highest BCUT2D eigenvalue weighted by Gasteiger charge is 2.23. The Bertz CT molecular complexity index is 1010. The quantitative estimate of drug-likeness (QED) is 0.538. The third kappa shape index (κ3) is 5.57. The Morgan fingerprint density at radius 1 is 0.897 bits per heavy atom. The molecule has 0 saturated heterocycles. The van der Waals surface area contributed by atoms with Crippen molar-refractivity contribution in [2.45, 2.75) is 12.6 Å². The van der Waals surface area contributed by atoms with Gasteiger partial charge in [-0.25, -0.2) is 0 Å². The van der Waals surface area contributed by atoms with Crippen LogP contribution < -0.4 is 16.4 Å². The van der Waals surface area contributed by atoms with E-state index in [1.165, 1.54) is 0 Å². The zero-order valence-corrected chi connectivity index (χ0v) is 16.9. The highest BCUT2D eigenvalue weighted by molar-refractivity contribution is 6.35. The average molecular weight is 428 g/mol. The van der Waals surface area contributed by atoms with Gasteiger partial charge in [0.25, 0.3) is 11.8 Å². The number of hydrogen-bond donors (Lipinski definition) is 3. The molecule has 3 rings (SSSR count). The van der Waals surface area contributed by atoms with Gasteiger partial charge in [-0.1, -0.05) is 65.7 Å². The van der Waals surface area contributed by atoms with Crippen molar-refractivity contribution in [3.05, 3.63) is 99.5 Å². The molecule has 3 aromatic carbocycles. The number of halogens is 2. The number of carbonyl (C=O) groups excluding carboxylic acids is 2. The zero-order valence-electron chi connectivity index (χ0n) is 15.4. The molecule has 0 saturated carbocycles. The van der Waals surface area contributed by atoms with Gasteiger partial charge in [0.05, 0.1) is 0 Å². The van der Waals surface area contributed by atoms with E-state index in [1.807, 2.05) is 12.1 Å². The molecule has 0 bridgehead atoms. The molecule has 5 nitrogen and oxygen atoms in total. The molecule has 0 aliphatic carbocycles. The van der Waals surface area contributed by atoms with Crippen LogP contribution in [-0.4, -0.2) is 11.8 Å². The number of amides is 2. The van der Waals surface area contributed by atoms with Crippen LogP contribution in [0.2, 0.25) is 10.0 Å². The molecule has 7 heteroatoms. The summed E-state index contributed by atoms with van der Waals surface area (Å²) in [4.78, 5) is 25.8. The molecule has 0 spiro atoms. The maximum atomic E-state index is 13.0. The average Bonchev–Trinajstić information content (AvgIpc) is 2.71. The molecule has 0 aromatic heterocycles. The lowest BCUT2D eigenvalue weighted by atomic mass is 10.0. The first-order valence-electron chi connectivity index (χ1n) is 8.88. The number of hydrogen-bond acceptors (Lipinski definition) is 3. The van der Waals surface area contributed by atoms with Crippen molar-refractivity contribution in [1.82, 2.24) is 5.32 Å². The lowest BCUT2D eigenvalue weighted by molar-refractivity contribution is -0.118. The number of rotatable bonds is 6. The summed E-state index contributed by atoms with van der Waals surface area (Å²) in [6.07, 6.45) is 0. The van der Waals surface area contributed by atoms with Gasteiger partial charge < -0.3 is 16.4 Å². The number of benzene rings is 3. The monoisotopic (exact) mass is 427 g/mol. The van der Waals surface area contributed by atoms with Crippen LogP contribution >= 0.6 is 23.2 Å². The summed E-state index contributed by atoms with van der Waals surface area (Å²) < 4.78 is 0. The second-order valence-corrected chi connectivity index (χ2v) is 7.24. The van der Waals surface area contributed by atoms with Crippen molar-refractivity contribution in [2.75, 3.05) is 5.32 Å². The first-order chi connectivity index (χ1) is 14.0. The van der Waals surface area contributed by atoms with E-state index in [0.717, 1.165) is 5.56 Å². The van der Waals surface area contributed by atoms with Crippen molar-refractivity contribution in [3.63, 3.8) is 0 Å². The van der Waals surface area contributed by atoms with E-state index in [9.17, 15) is 9.59 Å². The summed E-state index contributed by atoms with van der Waals surface area (Å²) >= 11 is 12.0. The fraction of sp³-hybridized carbons (Fsp3) is 0.0909. The van der Waals surface area contributed by atoms with E-state index in [1.54, 1.807) is 60.7 Å². The maximum absolute atomic E-state index is 13.0. The van der Waals surface area contributed by atoms with Gasteiger partial charge in [-0.05, 0) is 41.5 Å². The highest BCUT2D eigenvalue weighted by atomic mass is 35.5. The van der Waals surface area contributed by atoms with E-state index in [-0.39, 0.29) is 5.91 Å². The van der Waals surface area contributed by atoms with Crippen LogP contribution in [0.5, 0.6) is 0 Å². The van der Waals surface area contributed by atoms with Crippen LogP contribution in [-0.2, 0) is 11.3 Å². The summed E-state index contributed by atoms with van der Waals surface area (Å²) in [6.45, 7) is 0.319. The van der Waals surface area contributed by atoms with Gasteiger partial charge in [0.15, 0.2) is 0 Å². The van der Waals surface area contributed by atoms with Gasteiger partial charge in [-0.3, -0.25) is 9.59 Å². The minimum Gasteiger partial charge on any atom is -0.336 e. The lowest BCUT2D eigenvalue weighted by Crippen LogP contribution is -2.37. The predicted octanol–water partition coefficient (Wildman–Crippen LogP) is 4.56. The molecule has 0 fully saturated rings.